The van der Waals surface area contributed by atoms with Gasteiger partial charge in [-0.05, 0) is 36.4 Å². The van der Waals surface area contributed by atoms with Gasteiger partial charge in [0.1, 0.15) is 17.2 Å². The van der Waals surface area contributed by atoms with Gasteiger partial charge in [0.05, 0.1) is 35.3 Å². The molecule has 0 atom stereocenters. The maximum absolute atomic E-state index is 13.1. The van der Waals surface area contributed by atoms with Crippen molar-refractivity contribution >= 4 is 40.5 Å². The molecule has 0 amide bonds. The van der Waals surface area contributed by atoms with Gasteiger partial charge in [-0.3, -0.25) is 4.79 Å². The van der Waals surface area contributed by atoms with Crippen molar-refractivity contribution in [3.05, 3.63) is 75.0 Å². The molecule has 0 saturated carbocycles. The molecule has 0 aliphatic rings. The van der Waals surface area contributed by atoms with Crippen LogP contribution in [0.4, 0.5) is 4.39 Å². The molecule has 0 aliphatic heterocycles. The third-order valence-electron chi connectivity index (χ3n) is 4.44. The van der Waals surface area contributed by atoms with Gasteiger partial charge in [-0.1, -0.05) is 35.0 Å². The first-order valence-corrected chi connectivity index (χ1v) is 10.4. The number of fused-ring (bicyclic) bond motifs is 1. The van der Waals surface area contributed by atoms with Crippen LogP contribution in [0.2, 0.25) is 10.0 Å². The summed E-state index contributed by atoms with van der Waals surface area (Å²) < 4.78 is 25.2. The SMILES string of the molecule is COc1cc(Cl)c(-c2c(=O)ncn3nc(Sc4ccc(F)cc4)ccc23)c(Cl)c1OC. The molecule has 2 heterocycles. The van der Waals surface area contributed by atoms with Crippen LogP contribution in [0.3, 0.4) is 0 Å². The number of aromatic nitrogens is 3. The van der Waals surface area contributed by atoms with Crippen LogP contribution >= 0.6 is 35.0 Å². The van der Waals surface area contributed by atoms with E-state index in [2.05, 4.69) is 10.1 Å². The summed E-state index contributed by atoms with van der Waals surface area (Å²) in [4.78, 5) is 17.5. The second-order valence-corrected chi connectivity index (χ2v) is 8.14. The van der Waals surface area contributed by atoms with Crippen LogP contribution in [0.5, 0.6) is 11.5 Å². The molecular formula is C21H14Cl2FN3O3S. The minimum atomic E-state index is -0.517. The summed E-state index contributed by atoms with van der Waals surface area (Å²) >= 11 is 14.3. The highest BCUT2D eigenvalue weighted by Gasteiger charge is 2.23. The van der Waals surface area contributed by atoms with E-state index >= 15 is 0 Å². The lowest BCUT2D eigenvalue weighted by Gasteiger charge is -2.15. The molecule has 0 radical (unpaired) electrons. The van der Waals surface area contributed by atoms with Crippen molar-refractivity contribution < 1.29 is 13.9 Å². The molecule has 0 bridgehead atoms. The highest BCUT2D eigenvalue weighted by molar-refractivity contribution is 7.99. The fourth-order valence-electron chi connectivity index (χ4n) is 3.05. The third kappa shape index (κ3) is 4.06. The predicted molar refractivity (Wildman–Crippen MR) is 118 cm³/mol. The van der Waals surface area contributed by atoms with E-state index in [1.807, 2.05) is 0 Å². The maximum atomic E-state index is 13.1. The van der Waals surface area contributed by atoms with Gasteiger partial charge in [0.25, 0.3) is 5.56 Å². The van der Waals surface area contributed by atoms with Crippen molar-refractivity contribution in [3.63, 3.8) is 0 Å². The molecule has 0 spiro atoms. The molecule has 4 rings (SSSR count). The first-order valence-electron chi connectivity index (χ1n) is 8.85. The quantitative estimate of drug-likeness (QED) is 0.384. The molecular weight excluding hydrogens is 464 g/mol. The van der Waals surface area contributed by atoms with Crippen LogP contribution in [-0.4, -0.2) is 28.8 Å². The van der Waals surface area contributed by atoms with E-state index in [0.29, 0.717) is 16.3 Å². The molecule has 2 aromatic carbocycles. The minimum absolute atomic E-state index is 0.128. The van der Waals surface area contributed by atoms with Crippen molar-refractivity contribution in [2.24, 2.45) is 0 Å². The Bertz CT molecular complexity index is 1350. The Hall–Kier alpha value is -2.81. The van der Waals surface area contributed by atoms with Gasteiger partial charge < -0.3 is 9.47 Å². The lowest BCUT2D eigenvalue weighted by atomic mass is 10.1. The second kappa shape index (κ2) is 8.74. The fraction of sp³-hybridized carbons (Fsp3) is 0.0952. The monoisotopic (exact) mass is 477 g/mol. The van der Waals surface area contributed by atoms with E-state index in [-0.39, 0.29) is 32.7 Å². The van der Waals surface area contributed by atoms with Gasteiger partial charge in [-0.25, -0.2) is 8.91 Å². The number of rotatable bonds is 5. The number of nitrogens with zero attached hydrogens (tertiary/aromatic N) is 3. The topological polar surface area (TPSA) is 65.7 Å². The molecule has 0 N–H and O–H groups in total. The molecule has 6 nitrogen and oxygen atoms in total. The van der Waals surface area contributed by atoms with Crippen molar-refractivity contribution in [1.29, 1.82) is 0 Å². The summed E-state index contributed by atoms with van der Waals surface area (Å²) in [5.74, 6) is 0.276. The van der Waals surface area contributed by atoms with Crippen LogP contribution < -0.4 is 15.0 Å². The van der Waals surface area contributed by atoms with Crippen molar-refractivity contribution in [3.8, 4) is 22.6 Å². The Kier molecular flexibility index (Phi) is 6.04. The summed E-state index contributed by atoms with van der Waals surface area (Å²) in [5.41, 5.74) is 0.401. The zero-order valence-corrected chi connectivity index (χ0v) is 18.6. The molecule has 2 aromatic heterocycles. The van der Waals surface area contributed by atoms with E-state index in [0.717, 1.165) is 4.90 Å². The van der Waals surface area contributed by atoms with Gasteiger partial charge >= 0.3 is 0 Å². The van der Waals surface area contributed by atoms with E-state index in [1.165, 1.54) is 55.0 Å². The van der Waals surface area contributed by atoms with Crippen LogP contribution in [0.25, 0.3) is 16.6 Å². The number of methoxy groups -OCH3 is 2. The zero-order valence-electron chi connectivity index (χ0n) is 16.2. The van der Waals surface area contributed by atoms with Crippen LogP contribution in [-0.2, 0) is 0 Å². The molecule has 4 aromatic rings. The smallest absolute Gasteiger partial charge is 0.281 e. The highest BCUT2D eigenvalue weighted by Crippen LogP contribution is 2.46. The summed E-state index contributed by atoms with van der Waals surface area (Å²) in [6.07, 6.45) is 1.32. The molecule has 10 heteroatoms. The number of benzene rings is 2. The lowest BCUT2D eigenvalue weighted by molar-refractivity contribution is 0.355. The Morgan fingerprint density at radius 1 is 1.03 bits per heavy atom. The first-order chi connectivity index (χ1) is 14.9. The minimum Gasteiger partial charge on any atom is -0.493 e. The summed E-state index contributed by atoms with van der Waals surface area (Å²) in [6.45, 7) is 0. The van der Waals surface area contributed by atoms with Crippen LogP contribution in [0.1, 0.15) is 0 Å². The second-order valence-electron chi connectivity index (χ2n) is 6.26. The molecule has 31 heavy (non-hydrogen) atoms. The van der Waals surface area contributed by atoms with E-state index in [1.54, 1.807) is 24.3 Å². The lowest BCUT2D eigenvalue weighted by Crippen LogP contribution is -2.14. The highest BCUT2D eigenvalue weighted by atomic mass is 35.5. The van der Waals surface area contributed by atoms with Gasteiger partial charge in [0, 0.05) is 16.5 Å². The van der Waals surface area contributed by atoms with Crippen LogP contribution in [0.15, 0.2) is 63.5 Å². The maximum Gasteiger partial charge on any atom is 0.281 e. The Morgan fingerprint density at radius 2 is 1.77 bits per heavy atom. The zero-order chi connectivity index (χ0) is 22.1. The van der Waals surface area contributed by atoms with E-state index in [4.69, 9.17) is 32.7 Å². The Balaban J connectivity index is 1.87. The number of ether oxygens (including phenoxy) is 2. The van der Waals surface area contributed by atoms with Gasteiger partial charge in [0.15, 0.2) is 11.5 Å². The van der Waals surface area contributed by atoms with Gasteiger partial charge in [-0.2, -0.15) is 10.1 Å². The number of halogens is 3. The van der Waals surface area contributed by atoms with Crippen LogP contribution in [0, 0.1) is 5.82 Å². The predicted octanol–water partition coefficient (Wildman–Crippen LogP) is 5.37. The molecule has 0 saturated heterocycles. The Labute approximate surface area is 190 Å². The average Bonchev–Trinajstić information content (AvgIpc) is 2.76. The van der Waals surface area contributed by atoms with Gasteiger partial charge in [-0.15, -0.1) is 0 Å². The van der Waals surface area contributed by atoms with E-state index < -0.39 is 5.56 Å². The Morgan fingerprint density at radius 3 is 2.45 bits per heavy atom. The summed E-state index contributed by atoms with van der Waals surface area (Å²) in [5, 5.41) is 5.46. The third-order valence-corrected chi connectivity index (χ3v) is 6.03. The molecule has 0 fully saturated rings. The molecule has 0 aliphatic carbocycles. The van der Waals surface area contributed by atoms with Crippen molar-refractivity contribution in [2.45, 2.75) is 9.92 Å². The summed E-state index contributed by atoms with van der Waals surface area (Å²) in [6, 6.07) is 11.1. The van der Waals surface area contributed by atoms with Crippen molar-refractivity contribution in [2.75, 3.05) is 14.2 Å². The average molecular weight is 478 g/mol. The molecule has 0 unspecified atom stereocenters. The number of hydrogen-bond acceptors (Lipinski definition) is 6. The van der Waals surface area contributed by atoms with E-state index in [9.17, 15) is 9.18 Å². The fourth-order valence-corrected chi connectivity index (χ4v) is 4.53. The largest absolute Gasteiger partial charge is 0.493 e. The first kappa shape index (κ1) is 21.4. The normalized spacial score (nSPS) is 11.0. The van der Waals surface area contributed by atoms with Crippen molar-refractivity contribution in [1.82, 2.24) is 14.6 Å². The number of hydrogen-bond donors (Lipinski definition) is 0. The summed E-state index contributed by atoms with van der Waals surface area (Å²) in [7, 11) is 2.90. The molecule has 158 valence electrons. The van der Waals surface area contributed by atoms with Gasteiger partial charge in [0.2, 0.25) is 0 Å². The standard InChI is InChI=1S/C21H14Cl2FN3O3S/c1-29-15-9-13(22)17(19(23)20(15)30-2)18-14-7-8-16(26-27(14)10-25-21(18)28)31-12-5-3-11(24)4-6-12/h3-10H,1-2H3.